The quantitative estimate of drug-likeness (QED) is 0.922. The number of carbonyl (C=O) groups is 1. The Morgan fingerprint density at radius 3 is 2.76 bits per heavy atom. The van der Waals surface area contributed by atoms with E-state index in [-0.39, 0.29) is 17.2 Å². The average molecular weight is 343 g/mol. The number of nitrogens with zero attached hydrogens (tertiary/aromatic N) is 4. The third kappa shape index (κ3) is 4.15. The summed E-state index contributed by atoms with van der Waals surface area (Å²) in [6, 6.07) is 5.69. The zero-order valence-electron chi connectivity index (χ0n) is 15.2. The Labute approximate surface area is 147 Å². The van der Waals surface area contributed by atoms with Crippen molar-refractivity contribution >= 4 is 17.6 Å². The van der Waals surface area contributed by atoms with Crippen LogP contribution in [0.1, 0.15) is 45.0 Å². The second kappa shape index (κ2) is 6.82. The van der Waals surface area contributed by atoms with Crippen LogP contribution in [-0.4, -0.2) is 34.4 Å². The molecule has 0 aromatic carbocycles. The van der Waals surface area contributed by atoms with Crippen molar-refractivity contribution in [1.29, 1.82) is 0 Å². The Hall–Kier alpha value is -2.44. The standard InChI is InChI=1S/C18H25N5O2/c1-12-7-8-15(21-20-12)23-9-5-6-13(11-23)17(24)19-16-10-14(22-25-16)18(2,3)4/h7-8,10,13H,5-6,9,11H2,1-4H3,(H,19,24). The number of hydrogen-bond donors (Lipinski definition) is 1. The van der Waals surface area contributed by atoms with Gasteiger partial charge in [0, 0.05) is 24.6 Å². The first kappa shape index (κ1) is 17.4. The molecule has 0 bridgehead atoms. The summed E-state index contributed by atoms with van der Waals surface area (Å²) in [5.41, 5.74) is 1.59. The van der Waals surface area contributed by atoms with Gasteiger partial charge in [-0.15, -0.1) is 5.10 Å². The maximum Gasteiger partial charge on any atom is 0.231 e. The van der Waals surface area contributed by atoms with E-state index in [0.717, 1.165) is 36.6 Å². The van der Waals surface area contributed by atoms with Gasteiger partial charge in [-0.2, -0.15) is 5.10 Å². The number of anilines is 2. The van der Waals surface area contributed by atoms with Crippen LogP contribution in [0.25, 0.3) is 0 Å². The molecule has 134 valence electrons. The predicted octanol–water partition coefficient (Wildman–Crippen LogP) is 2.93. The topological polar surface area (TPSA) is 84.2 Å². The van der Waals surface area contributed by atoms with Crippen LogP contribution in [0.2, 0.25) is 0 Å². The predicted molar refractivity (Wildman–Crippen MR) is 95.5 cm³/mol. The molecule has 0 spiro atoms. The molecule has 1 unspecified atom stereocenters. The molecule has 1 N–H and O–H groups in total. The molecule has 1 atom stereocenters. The van der Waals surface area contributed by atoms with Crippen LogP contribution in [0.15, 0.2) is 22.7 Å². The van der Waals surface area contributed by atoms with Crippen LogP contribution >= 0.6 is 0 Å². The maximum absolute atomic E-state index is 12.6. The summed E-state index contributed by atoms with van der Waals surface area (Å²) in [7, 11) is 0. The van der Waals surface area contributed by atoms with Crippen molar-refractivity contribution in [3.63, 3.8) is 0 Å². The monoisotopic (exact) mass is 343 g/mol. The number of amides is 1. The molecule has 1 aliphatic heterocycles. The fourth-order valence-corrected chi connectivity index (χ4v) is 2.87. The average Bonchev–Trinajstić information content (AvgIpc) is 3.04. The number of carbonyl (C=O) groups excluding carboxylic acids is 1. The van der Waals surface area contributed by atoms with Crippen LogP contribution in [0.5, 0.6) is 0 Å². The van der Waals surface area contributed by atoms with Gasteiger partial charge in [0.1, 0.15) is 0 Å². The summed E-state index contributed by atoms with van der Waals surface area (Å²) in [5, 5.41) is 15.2. The van der Waals surface area contributed by atoms with Crippen LogP contribution in [0, 0.1) is 12.8 Å². The first-order valence-electron chi connectivity index (χ1n) is 8.66. The zero-order chi connectivity index (χ0) is 18.0. The van der Waals surface area contributed by atoms with Crippen LogP contribution in [0.3, 0.4) is 0 Å². The van der Waals surface area contributed by atoms with Crippen LogP contribution < -0.4 is 10.2 Å². The molecule has 7 nitrogen and oxygen atoms in total. The smallest absolute Gasteiger partial charge is 0.231 e. The summed E-state index contributed by atoms with van der Waals surface area (Å²) >= 11 is 0. The Balaban J connectivity index is 1.64. The Morgan fingerprint density at radius 1 is 1.32 bits per heavy atom. The van der Waals surface area contributed by atoms with E-state index >= 15 is 0 Å². The van der Waals surface area contributed by atoms with E-state index in [1.807, 2.05) is 19.1 Å². The molecule has 0 aliphatic carbocycles. The largest absolute Gasteiger partial charge is 0.354 e. The molecular weight excluding hydrogens is 318 g/mol. The van der Waals surface area contributed by atoms with Gasteiger partial charge >= 0.3 is 0 Å². The molecule has 3 heterocycles. The van der Waals surface area contributed by atoms with E-state index in [1.54, 1.807) is 6.07 Å². The van der Waals surface area contributed by atoms with E-state index in [1.165, 1.54) is 0 Å². The fourth-order valence-electron chi connectivity index (χ4n) is 2.87. The van der Waals surface area contributed by atoms with Crippen molar-refractivity contribution in [2.45, 2.75) is 46.0 Å². The lowest BCUT2D eigenvalue weighted by atomic mass is 9.92. The summed E-state index contributed by atoms with van der Waals surface area (Å²) in [4.78, 5) is 14.7. The first-order chi connectivity index (χ1) is 11.8. The van der Waals surface area contributed by atoms with Gasteiger partial charge in [-0.25, -0.2) is 0 Å². The highest BCUT2D eigenvalue weighted by molar-refractivity contribution is 5.91. The van der Waals surface area contributed by atoms with Gasteiger partial charge in [0.2, 0.25) is 11.8 Å². The molecule has 3 rings (SSSR count). The van der Waals surface area contributed by atoms with Gasteiger partial charge in [0.25, 0.3) is 0 Å². The van der Waals surface area contributed by atoms with Gasteiger partial charge in [-0.3, -0.25) is 10.1 Å². The minimum atomic E-state index is -0.113. The molecule has 7 heteroatoms. The summed E-state index contributed by atoms with van der Waals surface area (Å²) < 4.78 is 5.26. The Kier molecular flexibility index (Phi) is 4.74. The second-order valence-electron chi connectivity index (χ2n) is 7.63. The van der Waals surface area contributed by atoms with Crippen molar-refractivity contribution < 1.29 is 9.32 Å². The highest BCUT2D eigenvalue weighted by atomic mass is 16.5. The Bertz CT molecular complexity index is 733. The zero-order valence-corrected chi connectivity index (χ0v) is 15.2. The van der Waals surface area contributed by atoms with Crippen molar-refractivity contribution in [3.8, 4) is 0 Å². The lowest BCUT2D eigenvalue weighted by molar-refractivity contribution is -0.120. The van der Waals surface area contributed by atoms with Crippen molar-refractivity contribution in [2.75, 3.05) is 23.3 Å². The van der Waals surface area contributed by atoms with Crippen molar-refractivity contribution in [2.24, 2.45) is 5.92 Å². The number of rotatable bonds is 3. The third-order valence-electron chi connectivity index (χ3n) is 4.42. The number of aromatic nitrogens is 3. The van der Waals surface area contributed by atoms with Crippen molar-refractivity contribution in [3.05, 3.63) is 29.6 Å². The number of nitrogens with one attached hydrogen (secondary N) is 1. The summed E-state index contributed by atoms with van der Waals surface area (Å²) in [5.74, 6) is 1.07. The van der Waals surface area contributed by atoms with E-state index in [2.05, 4.69) is 46.3 Å². The molecule has 0 saturated carbocycles. The van der Waals surface area contributed by atoms with Gasteiger partial charge in [0.05, 0.1) is 17.3 Å². The molecule has 25 heavy (non-hydrogen) atoms. The fraction of sp³-hybridized carbons (Fsp3) is 0.556. The number of hydrogen-bond acceptors (Lipinski definition) is 6. The van der Waals surface area contributed by atoms with Crippen molar-refractivity contribution in [1.82, 2.24) is 15.4 Å². The Morgan fingerprint density at radius 2 is 2.12 bits per heavy atom. The van der Waals surface area contributed by atoms with Gasteiger partial charge < -0.3 is 9.42 Å². The molecule has 0 radical (unpaired) electrons. The van der Waals surface area contributed by atoms with Gasteiger partial charge in [-0.1, -0.05) is 25.9 Å². The molecule has 1 aliphatic rings. The molecule has 2 aromatic rings. The number of aryl methyl sites for hydroxylation is 1. The van der Waals surface area contributed by atoms with E-state index in [9.17, 15) is 4.79 Å². The SMILES string of the molecule is Cc1ccc(N2CCCC(C(=O)Nc3cc(C(C)(C)C)no3)C2)nn1. The molecule has 1 amide bonds. The molecule has 1 fully saturated rings. The third-order valence-corrected chi connectivity index (χ3v) is 4.42. The number of piperidine rings is 1. The van der Waals surface area contributed by atoms with Gasteiger partial charge in [0.15, 0.2) is 5.82 Å². The molecular formula is C18H25N5O2. The van der Waals surface area contributed by atoms with E-state index in [4.69, 9.17) is 4.52 Å². The lowest BCUT2D eigenvalue weighted by Crippen LogP contribution is -2.41. The van der Waals surface area contributed by atoms with E-state index < -0.39 is 0 Å². The summed E-state index contributed by atoms with van der Waals surface area (Å²) in [6.07, 6.45) is 1.79. The normalized spacial score (nSPS) is 18.2. The second-order valence-corrected chi connectivity index (χ2v) is 7.63. The van der Waals surface area contributed by atoms with E-state index in [0.29, 0.717) is 12.4 Å². The molecule has 2 aromatic heterocycles. The highest BCUT2D eigenvalue weighted by Gasteiger charge is 2.28. The first-order valence-corrected chi connectivity index (χ1v) is 8.66. The van der Waals surface area contributed by atoms with Gasteiger partial charge in [-0.05, 0) is 31.9 Å². The lowest BCUT2D eigenvalue weighted by Gasteiger charge is -2.32. The maximum atomic E-state index is 12.6. The van der Waals surface area contributed by atoms with Crippen LogP contribution in [-0.2, 0) is 10.2 Å². The van der Waals surface area contributed by atoms with Crippen LogP contribution in [0.4, 0.5) is 11.7 Å². The minimum absolute atomic E-state index is 0.0404. The minimum Gasteiger partial charge on any atom is -0.354 e. The molecule has 1 saturated heterocycles. The summed E-state index contributed by atoms with van der Waals surface area (Å²) in [6.45, 7) is 9.59. The highest BCUT2D eigenvalue weighted by Crippen LogP contribution is 2.25.